The van der Waals surface area contributed by atoms with E-state index in [9.17, 15) is 23.2 Å². The number of aryl methyl sites for hydroxylation is 1. The fourth-order valence-electron chi connectivity index (χ4n) is 4.33. The van der Waals surface area contributed by atoms with Crippen LogP contribution in [-0.4, -0.2) is 64.0 Å². The van der Waals surface area contributed by atoms with Crippen molar-refractivity contribution < 1.29 is 27.7 Å². The highest BCUT2D eigenvalue weighted by Gasteiger charge is 2.44. The zero-order valence-corrected chi connectivity index (χ0v) is 18.1. The number of nitrogens with zero attached hydrogens (tertiary/aromatic N) is 3. The zero-order valence-electron chi connectivity index (χ0n) is 18.1. The Morgan fingerprint density at radius 1 is 1.00 bits per heavy atom. The van der Waals surface area contributed by atoms with Gasteiger partial charge in [-0.05, 0) is 44.7 Å². The first kappa shape index (κ1) is 22.8. The lowest BCUT2D eigenvalue weighted by atomic mass is 9.92. The highest BCUT2D eigenvalue weighted by molar-refractivity contribution is 6.01. The normalized spacial score (nSPS) is 23.0. The predicted molar refractivity (Wildman–Crippen MR) is 112 cm³/mol. The molecule has 33 heavy (non-hydrogen) atoms. The van der Waals surface area contributed by atoms with Gasteiger partial charge >= 0.3 is 0 Å². The number of nitrogens with two attached hydrogens (primary N) is 1. The van der Waals surface area contributed by atoms with Gasteiger partial charge in [-0.1, -0.05) is 5.16 Å². The number of halogens is 2. The molecule has 2 heterocycles. The molecule has 0 radical (unpaired) electrons. The average molecular weight is 461 g/mol. The Balaban J connectivity index is 1.61. The maximum atomic E-state index is 13.7. The molecular weight excluding hydrogens is 436 g/mol. The maximum absolute atomic E-state index is 13.7. The Morgan fingerprint density at radius 2 is 1.61 bits per heavy atom. The van der Waals surface area contributed by atoms with Gasteiger partial charge in [0.2, 0.25) is 0 Å². The summed E-state index contributed by atoms with van der Waals surface area (Å²) in [6, 6.07) is 3.82. The predicted octanol–water partition coefficient (Wildman–Crippen LogP) is 1.57. The minimum absolute atomic E-state index is 0.0000360. The van der Waals surface area contributed by atoms with Crippen LogP contribution in [0.4, 0.5) is 8.78 Å². The molecule has 0 spiro atoms. The minimum atomic E-state index is -1.30. The van der Waals surface area contributed by atoms with Crippen molar-refractivity contribution >= 4 is 17.7 Å². The average Bonchev–Trinajstić information content (AvgIpc) is 3.40. The molecule has 4 rings (SSSR count). The van der Waals surface area contributed by atoms with Crippen LogP contribution in [0.3, 0.4) is 0 Å². The summed E-state index contributed by atoms with van der Waals surface area (Å²) < 4.78 is 32.4. The third-order valence-corrected chi connectivity index (χ3v) is 6.00. The molecule has 1 saturated heterocycles. The van der Waals surface area contributed by atoms with E-state index >= 15 is 0 Å². The summed E-state index contributed by atoms with van der Waals surface area (Å²) in [6.45, 7) is 1.68. The van der Waals surface area contributed by atoms with E-state index in [1.54, 1.807) is 6.92 Å². The summed E-state index contributed by atoms with van der Waals surface area (Å²) in [6.07, 6.45) is 1.56. The molecule has 1 unspecified atom stereocenters. The van der Waals surface area contributed by atoms with Crippen LogP contribution in [0.1, 0.15) is 52.3 Å². The molecular formula is C22H25F2N5O4. The van der Waals surface area contributed by atoms with Crippen molar-refractivity contribution in [1.82, 2.24) is 20.3 Å². The maximum Gasteiger partial charge on any atom is 0.278 e. The second-order valence-corrected chi connectivity index (χ2v) is 8.47. The third-order valence-electron chi connectivity index (χ3n) is 6.00. The van der Waals surface area contributed by atoms with E-state index in [2.05, 4.69) is 10.5 Å². The van der Waals surface area contributed by atoms with Gasteiger partial charge in [0.25, 0.3) is 17.7 Å². The van der Waals surface area contributed by atoms with Gasteiger partial charge in [-0.25, -0.2) is 8.78 Å². The highest BCUT2D eigenvalue weighted by atomic mass is 19.1. The number of hydrogen-bond donors (Lipinski definition) is 2. The van der Waals surface area contributed by atoms with Crippen molar-refractivity contribution in [3.05, 3.63) is 52.9 Å². The Morgan fingerprint density at radius 3 is 2.18 bits per heavy atom. The topological polar surface area (TPSA) is 122 Å². The molecule has 2 fully saturated rings. The number of hydrogen-bond acceptors (Lipinski definition) is 6. The van der Waals surface area contributed by atoms with Gasteiger partial charge in [-0.15, -0.1) is 0 Å². The first-order valence-corrected chi connectivity index (χ1v) is 10.8. The van der Waals surface area contributed by atoms with Crippen LogP contribution in [0.15, 0.2) is 28.8 Å². The van der Waals surface area contributed by atoms with E-state index in [0.29, 0.717) is 24.7 Å². The van der Waals surface area contributed by atoms with Crippen molar-refractivity contribution in [3.8, 4) is 0 Å². The quantitative estimate of drug-likeness (QED) is 0.713. The van der Waals surface area contributed by atoms with Gasteiger partial charge < -0.3 is 25.4 Å². The summed E-state index contributed by atoms with van der Waals surface area (Å²) in [5.74, 6) is -3.30. The lowest BCUT2D eigenvalue weighted by molar-refractivity contribution is -0.129. The van der Waals surface area contributed by atoms with Gasteiger partial charge in [-0.3, -0.25) is 14.4 Å². The number of aromatic nitrogens is 1. The van der Waals surface area contributed by atoms with Crippen LogP contribution < -0.4 is 11.1 Å². The standard InChI is InChI=1S/C22H25F2N5O4/c1-12-8-18(27-33-12)22(32)29-7-6-28(21(31)13-9-14(23)11-15(24)10-13)20(29)19(30)26-17-4-2-16(25)3-5-17/h8-11,16-17,20H,2-7,25H2,1H3,(H,26,30). The molecule has 3 amide bonds. The van der Waals surface area contributed by atoms with Gasteiger partial charge in [0.05, 0.1) is 0 Å². The largest absolute Gasteiger partial charge is 0.361 e. The first-order chi connectivity index (χ1) is 15.7. The molecule has 1 aliphatic carbocycles. The van der Waals surface area contributed by atoms with Crippen LogP contribution >= 0.6 is 0 Å². The molecule has 1 aliphatic heterocycles. The first-order valence-electron chi connectivity index (χ1n) is 10.8. The van der Waals surface area contributed by atoms with E-state index in [1.807, 2.05) is 0 Å². The second-order valence-electron chi connectivity index (χ2n) is 8.47. The fraction of sp³-hybridized carbons (Fsp3) is 0.455. The van der Waals surface area contributed by atoms with Gasteiger partial charge in [0.15, 0.2) is 11.9 Å². The van der Waals surface area contributed by atoms with Crippen molar-refractivity contribution in [1.29, 1.82) is 0 Å². The molecule has 176 valence electrons. The van der Waals surface area contributed by atoms with Crippen LogP contribution in [0, 0.1) is 18.6 Å². The summed E-state index contributed by atoms with van der Waals surface area (Å²) in [4.78, 5) is 41.9. The Kier molecular flexibility index (Phi) is 6.41. The summed E-state index contributed by atoms with van der Waals surface area (Å²) >= 11 is 0. The lowest BCUT2D eigenvalue weighted by Gasteiger charge is -2.32. The van der Waals surface area contributed by atoms with E-state index in [1.165, 1.54) is 11.0 Å². The molecule has 11 heteroatoms. The van der Waals surface area contributed by atoms with Crippen molar-refractivity contribution in [2.75, 3.05) is 13.1 Å². The number of amides is 3. The molecule has 2 aliphatic rings. The summed E-state index contributed by atoms with van der Waals surface area (Å²) in [5, 5.41) is 6.62. The van der Waals surface area contributed by atoms with Crippen LogP contribution in [0.2, 0.25) is 0 Å². The number of carbonyl (C=O) groups excluding carboxylic acids is 3. The fourth-order valence-corrected chi connectivity index (χ4v) is 4.33. The number of benzene rings is 1. The van der Waals surface area contributed by atoms with Gasteiger partial charge in [0.1, 0.15) is 17.4 Å². The third kappa shape index (κ3) is 4.87. The smallest absolute Gasteiger partial charge is 0.278 e. The molecule has 1 atom stereocenters. The molecule has 2 aromatic rings. The zero-order chi connectivity index (χ0) is 23.7. The number of nitrogens with one attached hydrogen (secondary N) is 1. The van der Waals surface area contributed by atoms with E-state index in [0.717, 1.165) is 29.9 Å². The summed E-state index contributed by atoms with van der Waals surface area (Å²) in [7, 11) is 0. The molecule has 1 saturated carbocycles. The van der Waals surface area contributed by atoms with Crippen LogP contribution in [-0.2, 0) is 4.79 Å². The minimum Gasteiger partial charge on any atom is -0.361 e. The van der Waals surface area contributed by atoms with Crippen molar-refractivity contribution in [2.24, 2.45) is 5.73 Å². The monoisotopic (exact) mass is 461 g/mol. The van der Waals surface area contributed by atoms with E-state index in [-0.39, 0.29) is 36.4 Å². The van der Waals surface area contributed by atoms with Crippen LogP contribution in [0.5, 0.6) is 0 Å². The van der Waals surface area contributed by atoms with Crippen LogP contribution in [0.25, 0.3) is 0 Å². The second kappa shape index (κ2) is 9.26. The van der Waals surface area contributed by atoms with Crippen molar-refractivity contribution in [3.63, 3.8) is 0 Å². The Bertz CT molecular complexity index is 1050. The van der Waals surface area contributed by atoms with E-state index < -0.39 is 35.5 Å². The molecule has 1 aromatic heterocycles. The lowest BCUT2D eigenvalue weighted by Crippen LogP contribution is -2.56. The van der Waals surface area contributed by atoms with E-state index in [4.69, 9.17) is 10.3 Å². The van der Waals surface area contributed by atoms with Crippen molar-refractivity contribution in [2.45, 2.75) is 50.9 Å². The van der Waals surface area contributed by atoms with Gasteiger partial charge in [-0.2, -0.15) is 0 Å². The Hall–Kier alpha value is -3.34. The number of carbonyl (C=O) groups is 3. The molecule has 9 nitrogen and oxygen atoms in total. The number of rotatable bonds is 4. The summed E-state index contributed by atoms with van der Waals surface area (Å²) in [5.41, 5.74) is 5.68. The van der Waals surface area contributed by atoms with Gasteiger partial charge in [0, 0.05) is 42.9 Å². The molecule has 0 bridgehead atoms. The molecule has 1 aromatic carbocycles. The molecule has 3 N–H and O–H groups in total. The highest BCUT2D eigenvalue weighted by Crippen LogP contribution is 2.23. The SMILES string of the molecule is Cc1cc(C(=O)N2CCN(C(=O)c3cc(F)cc(F)c3)C2C(=O)NC2CCC(N)CC2)no1. The Labute approximate surface area is 188 Å².